The lowest BCUT2D eigenvalue weighted by atomic mass is 10.0. The third-order valence-corrected chi connectivity index (χ3v) is 5.70. The molecular weight excluding hydrogens is 592 g/mol. The molecule has 0 aromatic heterocycles. The highest BCUT2D eigenvalue weighted by Gasteiger charge is 2.21. The van der Waals surface area contributed by atoms with Crippen molar-refractivity contribution in [2.75, 3.05) is 52.1 Å². The van der Waals surface area contributed by atoms with Crippen LogP contribution in [0.15, 0.2) is 48.6 Å². The third-order valence-electron chi connectivity index (χ3n) is 5.70. The number of hydrogen-bond donors (Lipinski definition) is 2. The van der Waals surface area contributed by atoms with Crippen LogP contribution < -0.4 is 30.4 Å². The van der Waals surface area contributed by atoms with Crippen molar-refractivity contribution in [1.82, 2.24) is 0 Å². The van der Waals surface area contributed by atoms with Gasteiger partial charge in [-0.15, -0.1) is 0 Å². The van der Waals surface area contributed by atoms with E-state index < -0.39 is 24.2 Å². The zero-order valence-electron chi connectivity index (χ0n) is 25.7. The minimum atomic E-state index is -1.02. The minimum absolute atomic E-state index is 0.0298. The van der Waals surface area contributed by atoms with E-state index in [4.69, 9.17) is 39.9 Å². The van der Waals surface area contributed by atoms with Gasteiger partial charge in [0.2, 0.25) is 0 Å². The van der Waals surface area contributed by atoms with Gasteiger partial charge >= 0.3 is 24.2 Å². The van der Waals surface area contributed by atoms with Crippen LogP contribution in [0.5, 0.6) is 23.0 Å². The molecule has 0 aliphatic rings. The maximum Gasteiger partial charge on any atom is 0.513 e. The number of nitrogen functional groups attached to an aromatic ring is 2. The number of rotatable bonds is 16. The number of benzene rings is 2. The molecule has 2 rings (SSSR count). The predicted octanol–water partition coefficient (Wildman–Crippen LogP) is 4.51. The van der Waals surface area contributed by atoms with Crippen LogP contribution in [-0.4, -0.2) is 64.9 Å². The van der Waals surface area contributed by atoms with E-state index in [1.54, 1.807) is 26.0 Å². The number of methoxy groups -OCH3 is 2. The van der Waals surface area contributed by atoms with Gasteiger partial charge in [-0.2, -0.15) is 0 Å². The molecule has 0 atom stereocenters. The van der Waals surface area contributed by atoms with E-state index in [2.05, 4.69) is 22.6 Å². The maximum absolute atomic E-state index is 12.0. The lowest BCUT2D eigenvalue weighted by molar-refractivity contribution is -0.140. The number of nitrogens with two attached hydrogens (primary N) is 2. The molecule has 0 heterocycles. The second-order valence-corrected chi connectivity index (χ2v) is 9.53. The summed E-state index contributed by atoms with van der Waals surface area (Å²) in [7, 11) is 2.28. The lowest BCUT2D eigenvalue weighted by Gasteiger charge is -2.18. The summed E-state index contributed by atoms with van der Waals surface area (Å²) < 4.78 is 41.7. The van der Waals surface area contributed by atoms with Crippen molar-refractivity contribution >= 4 is 35.6 Å². The van der Waals surface area contributed by atoms with Gasteiger partial charge in [-0.25, -0.2) is 19.2 Å². The summed E-state index contributed by atoms with van der Waals surface area (Å²) in [6.07, 6.45) is -1.35. The van der Waals surface area contributed by atoms with Gasteiger partial charge in [0.15, 0.2) is 11.5 Å². The number of hydrogen-bond acceptors (Lipinski definition) is 14. The molecule has 0 fully saturated rings. The van der Waals surface area contributed by atoms with Crippen LogP contribution in [0, 0.1) is 0 Å². The fourth-order valence-electron chi connectivity index (χ4n) is 3.57. The van der Waals surface area contributed by atoms with Crippen LogP contribution in [0.25, 0.3) is 0 Å². The predicted molar refractivity (Wildman–Crippen MR) is 162 cm³/mol. The molecule has 0 saturated heterocycles. The molecule has 0 bridgehead atoms. The zero-order valence-corrected chi connectivity index (χ0v) is 25.7. The van der Waals surface area contributed by atoms with E-state index in [-0.39, 0.29) is 66.9 Å². The molecule has 0 aliphatic heterocycles. The first-order valence-electron chi connectivity index (χ1n) is 13.6. The van der Waals surface area contributed by atoms with Crippen LogP contribution in [0.4, 0.5) is 21.0 Å². The smallest absolute Gasteiger partial charge is 0.493 e. The SMILES string of the molecule is C=C(C)C(=O)OCCCOc1cc(N)c(OC(=O)OC)c(Cc2cc(OCCCOC(=O)C(=C)C)cc(N)c2OC(=O)OC)c1. The monoisotopic (exact) mass is 630 g/mol. The van der Waals surface area contributed by atoms with Gasteiger partial charge in [-0.3, -0.25) is 0 Å². The number of carbonyl (C=O) groups is 4. The summed E-state index contributed by atoms with van der Waals surface area (Å²) in [5.41, 5.74) is 13.8. The Kier molecular flexibility index (Phi) is 14.0. The molecule has 0 aliphatic carbocycles. The van der Waals surface area contributed by atoms with E-state index in [0.29, 0.717) is 35.5 Å². The van der Waals surface area contributed by atoms with E-state index in [9.17, 15) is 19.2 Å². The number of carbonyl (C=O) groups excluding carboxylic acids is 4. The molecule has 0 amide bonds. The van der Waals surface area contributed by atoms with Gasteiger partial charge in [-0.1, -0.05) is 13.2 Å². The first-order valence-corrected chi connectivity index (χ1v) is 13.6. The fraction of sp³-hybridized carbons (Fsp3) is 0.355. The Balaban J connectivity index is 2.36. The molecule has 244 valence electrons. The summed E-state index contributed by atoms with van der Waals surface area (Å²) in [6.45, 7) is 10.7. The average Bonchev–Trinajstić information content (AvgIpc) is 2.99. The normalized spacial score (nSPS) is 10.2. The van der Waals surface area contributed by atoms with E-state index >= 15 is 0 Å². The van der Waals surface area contributed by atoms with E-state index in [1.165, 1.54) is 12.1 Å². The van der Waals surface area contributed by atoms with Gasteiger partial charge in [0.05, 0.1) is 52.0 Å². The minimum Gasteiger partial charge on any atom is -0.493 e. The summed E-state index contributed by atoms with van der Waals surface area (Å²) in [5.74, 6) is -0.451. The van der Waals surface area contributed by atoms with Crippen molar-refractivity contribution in [3.63, 3.8) is 0 Å². The van der Waals surface area contributed by atoms with Crippen LogP contribution in [0.2, 0.25) is 0 Å². The zero-order chi connectivity index (χ0) is 33.5. The van der Waals surface area contributed by atoms with Crippen molar-refractivity contribution in [3.05, 3.63) is 59.7 Å². The van der Waals surface area contributed by atoms with Gasteiger partial charge < -0.3 is 49.4 Å². The Labute approximate surface area is 260 Å². The molecule has 2 aromatic rings. The van der Waals surface area contributed by atoms with Crippen LogP contribution in [-0.2, 0) is 35.0 Å². The Morgan fingerprint density at radius 3 is 1.36 bits per heavy atom. The number of esters is 2. The first kappa shape index (κ1) is 35.8. The molecule has 2 aromatic carbocycles. The first-order chi connectivity index (χ1) is 21.4. The molecular formula is C31H38N2O12. The molecule has 0 spiro atoms. The molecule has 14 heteroatoms. The second kappa shape index (κ2) is 17.7. The molecule has 4 N–H and O–H groups in total. The van der Waals surface area contributed by atoms with Crippen LogP contribution in [0.1, 0.15) is 37.8 Å². The van der Waals surface area contributed by atoms with Crippen molar-refractivity contribution in [3.8, 4) is 23.0 Å². The largest absolute Gasteiger partial charge is 0.513 e. The van der Waals surface area contributed by atoms with Gasteiger partial charge in [-0.05, 0) is 26.0 Å². The summed E-state index contributed by atoms with van der Waals surface area (Å²) in [6, 6.07) is 6.02. The lowest BCUT2D eigenvalue weighted by Crippen LogP contribution is -2.14. The summed E-state index contributed by atoms with van der Waals surface area (Å²) in [5, 5.41) is 0. The maximum atomic E-state index is 12.0. The Morgan fingerprint density at radius 1 is 0.644 bits per heavy atom. The van der Waals surface area contributed by atoms with Gasteiger partial charge in [0, 0.05) is 53.7 Å². The molecule has 0 unspecified atom stereocenters. The highest BCUT2D eigenvalue weighted by Crippen LogP contribution is 2.39. The van der Waals surface area contributed by atoms with Crippen molar-refractivity contribution in [2.45, 2.75) is 33.1 Å². The summed E-state index contributed by atoms with van der Waals surface area (Å²) >= 11 is 0. The average molecular weight is 631 g/mol. The standard InChI is InChI=1S/C31H38N2O12/c1-18(2)28(34)42-11-7-9-40-22-14-20(26(24(32)16-22)44-30(36)38-5)13-21-15-23(17-25(33)27(21)45-31(37)39-6)41-10-8-12-43-29(35)19(3)4/h14-17H,1,3,7-13,32-33H2,2,4-6H3. The molecule has 0 saturated carbocycles. The highest BCUT2D eigenvalue weighted by molar-refractivity contribution is 5.87. The highest BCUT2D eigenvalue weighted by atomic mass is 16.7. The summed E-state index contributed by atoms with van der Waals surface area (Å²) in [4.78, 5) is 47.2. The van der Waals surface area contributed by atoms with Crippen molar-refractivity contribution in [2.24, 2.45) is 0 Å². The number of ether oxygens (including phenoxy) is 8. The van der Waals surface area contributed by atoms with Crippen LogP contribution >= 0.6 is 0 Å². The van der Waals surface area contributed by atoms with Crippen molar-refractivity contribution < 1.29 is 57.1 Å². The third kappa shape index (κ3) is 11.7. The molecule has 0 radical (unpaired) electrons. The quantitative estimate of drug-likeness (QED) is 0.0657. The topological polar surface area (TPSA) is 194 Å². The number of anilines is 2. The fourth-order valence-corrected chi connectivity index (χ4v) is 3.57. The second-order valence-electron chi connectivity index (χ2n) is 9.53. The van der Waals surface area contributed by atoms with E-state index in [0.717, 1.165) is 14.2 Å². The van der Waals surface area contributed by atoms with Gasteiger partial charge in [0.25, 0.3) is 0 Å². The van der Waals surface area contributed by atoms with Crippen molar-refractivity contribution in [1.29, 1.82) is 0 Å². The van der Waals surface area contributed by atoms with Crippen LogP contribution in [0.3, 0.4) is 0 Å². The molecule has 45 heavy (non-hydrogen) atoms. The Bertz CT molecular complexity index is 1310. The molecule has 14 nitrogen and oxygen atoms in total. The van der Waals surface area contributed by atoms with E-state index in [1.807, 2.05) is 0 Å². The van der Waals surface area contributed by atoms with Gasteiger partial charge in [0.1, 0.15) is 11.5 Å². The Morgan fingerprint density at radius 2 is 1.02 bits per heavy atom. The Hall–Kier alpha value is -5.40.